The zero-order valence-electron chi connectivity index (χ0n) is 13.7. The number of carbonyl (C=O) groups excluding carboxylic acids is 2. The first-order chi connectivity index (χ1) is 11.2. The Balaban J connectivity index is 1.53. The van der Waals surface area contributed by atoms with E-state index >= 15 is 0 Å². The van der Waals surface area contributed by atoms with Gasteiger partial charge in [-0.1, -0.05) is 19.1 Å². The predicted octanol–water partition coefficient (Wildman–Crippen LogP) is 1.63. The summed E-state index contributed by atoms with van der Waals surface area (Å²) in [7, 11) is 0. The molecule has 0 unspecified atom stereocenters. The Morgan fingerprint density at radius 3 is 2.48 bits per heavy atom. The lowest BCUT2D eigenvalue weighted by Crippen LogP contribution is -2.50. The first kappa shape index (κ1) is 15.8. The lowest BCUT2D eigenvalue weighted by Gasteiger charge is -2.35. The molecule has 0 N–H and O–H groups in total. The Morgan fingerprint density at radius 2 is 1.78 bits per heavy atom. The molecular weight excluding hydrogens is 292 g/mol. The van der Waals surface area contributed by atoms with Crippen molar-refractivity contribution in [3.8, 4) is 5.75 Å². The first-order valence-electron chi connectivity index (χ1n) is 8.47. The van der Waals surface area contributed by atoms with Crippen LogP contribution in [0.5, 0.6) is 5.75 Å². The third kappa shape index (κ3) is 3.66. The lowest BCUT2D eigenvalue weighted by atomic mass is 10.1. The van der Waals surface area contributed by atoms with Crippen molar-refractivity contribution in [1.82, 2.24) is 9.80 Å². The highest BCUT2D eigenvalue weighted by atomic mass is 16.5. The Labute approximate surface area is 137 Å². The van der Waals surface area contributed by atoms with Crippen LogP contribution in [0.3, 0.4) is 0 Å². The third-order valence-electron chi connectivity index (χ3n) is 4.56. The number of nitrogens with zero attached hydrogens (tertiary/aromatic N) is 2. The Hall–Kier alpha value is -2.04. The molecule has 124 valence electrons. The highest BCUT2D eigenvalue weighted by molar-refractivity contribution is 5.80. The van der Waals surface area contributed by atoms with E-state index in [0.29, 0.717) is 39.0 Å². The molecule has 1 fully saturated rings. The second-order valence-electron chi connectivity index (χ2n) is 6.23. The molecule has 5 nitrogen and oxygen atoms in total. The van der Waals surface area contributed by atoms with Crippen molar-refractivity contribution in [3.05, 3.63) is 29.3 Å². The minimum Gasteiger partial charge on any atom is -0.493 e. The van der Waals surface area contributed by atoms with E-state index in [1.807, 2.05) is 28.9 Å². The number of ether oxygens (including phenoxy) is 1. The number of carbonyl (C=O) groups is 2. The third-order valence-corrected chi connectivity index (χ3v) is 4.56. The van der Waals surface area contributed by atoms with Crippen LogP contribution in [0.4, 0.5) is 0 Å². The maximum Gasteiger partial charge on any atom is 0.227 e. The molecule has 2 amide bonds. The normalized spacial score (nSPS) is 16.9. The van der Waals surface area contributed by atoms with E-state index in [0.717, 1.165) is 30.8 Å². The van der Waals surface area contributed by atoms with Crippen LogP contribution >= 0.6 is 0 Å². The van der Waals surface area contributed by atoms with Crippen LogP contribution in [0, 0.1) is 0 Å². The van der Waals surface area contributed by atoms with E-state index in [9.17, 15) is 9.59 Å². The summed E-state index contributed by atoms with van der Waals surface area (Å²) in [5.74, 6) is 1.30. The van der Waals surface area contributed by atoms with Gasteiger partial charge in [-0.05, 0) is 23.6 Å². The van der Waals surface area contributed by atoms with Crippen molar-refractivity contribution in [1.29, 1.82) is 0 Å². The highest BCUT2D eigenvalue weighted by Crippen LogP contribution is 2.26. The fourth-order valence-electron chi connectivity index (χ4n) is 3.21. The van der Waals surface area contributed by atoms with Gasteiger partial charge in [-0.3, -0.25) is 9.59 Å². The van der Waals surface area contributed by atoms with E-state index in [1.54, 1.807) is 0 Å². The quantitative estimate of drug-likeness (QED) is 0.848. The van der Waals surface area contributed by atoms with Gasteiger partial charge >= 0.3 is 0 Å². The smallest absolute Gasteiger partial charge is 0.227 e. The van der Waals surface area contributed by atoms with Gasteiger partial charge in [0, 0.05) is 39.0 Å². The molecule has 0 spiro atoms. The van der Waals surface area contributed by atoms with Gasteiger partial charge in [-0.15, -0.1) is 0 Å². The minimum absolute atomic E-state index is 0.145. The molecule has 5 heteroatoms. The van der Waals surface area contributed by atoms with E-state index in [1.165, 1.54) is 5.56 Å². The van der Waals surface area contributed by atoms with Crippen LogP contribution in [0.15, 0.2) is 18.2 Å². The second-order valence-corrected chi connectivity index (χ2v) is 6.23. The number of fused-ring (bicyclic) bond motifs is 1. The summed E-state index contributed by atoms with van der Waals surface area (Å²) in [4.78, 5) is 28.1. The van der Waals surface area contributed by atoms with Gasteiger partial charge < -0.3 is 14.5 Å². The molecule has 0 radical (unpaired) electrons. The molecule has 2 aliphatic rings. The maximum atomic E-state index is 12.5. The molecule has 3 rings (SSSR count). The van der Waals surface area contributed by atoms with Gasteiger partial charge in [0.05, 0.1) is 13.0 Å². The summed E-state index contributed by atoms with van der Waals surface area (Å²) in [5, 5.41) is 0. The number of piperazine rings is 1. The number of hydrogen-bond donors (Lipinski definition) is 0. The molecule has 0 saturated carbocycles. The zero-order valence-corrected chi connectivity index (χ0v) is 13.7. The fourth-order valence-corrected chi connectivity index (χ4v) is 3.21. The number of benzene rings is 1. The van der Waals surface area contributed by atoms with Crippen molar-refractivity contribution in [2.45, 2.75) is 32.6 Å². The number of hydrogen-bond acceptors (Lipinski definition) is 3. The molecule has 23 heavy (non-hydrogen) atoms. The Bertz CT molecular complexity index is 592. The van der Waals surface area contributed by atoms with Crippen molar-refractivity contribution in [2.75, 3.05) is 32.8 Å². The molecule has 1 aromatic rings. The van der Waals surface area contributed by atoms with Crippen LogP contribution in [-0.2, 0) is 22.4 Å². The highest BCUT2D eigenvalue weighted by Gasteiger charge is 2.24. The van der Waals surface area contributed by atoms with Gasteiger partial charge in [0.2, 0.25) is 11.8 Å². The van der Waals surface area contributed by atoms with Gasteiger partial charge in [0.15, 0.2) is 0 Å². The predicted molar refractivity (Wildman–Crippen MR) is 87.4 cm³/mol. The molecule has 0 aromatic heterocycles. The topological polar surface area (TPSA) is 49.9 Å². The summed E-state index contributed by atoms with van der Waals surface area (Å²) < 4.78 is 5.50. The minimum atomic E-state index is 0.145. The summed E-state index contributed by atoms with van der Waals surface area (Å²) in [6.45, 7) is 5.34. The average Bonchev–Trinajstić information content (AvgIpc) is 3.03. The van der Waals surface area contributed by atoms with Crippen LogP contribution < -0.4 is 4.74 Å². The molecule has 0 bridgehead atoms. The summed E-state index contributed by atoms with van der Waals surface area (Å²) >= 11 is 0. The lowest BCUT2D eigenvalue weighted by molar-refractivity contribution is -0.139. The van der Waals surface area contributed by atoms with Crippen molar-refractivity contribution in [3.63, 3.8) is 0 Å². The van der Waals surface area contributed by atoms with Crippen molar-refractivity contribution in [2.24, 2.45) is 0 Å². The van der Waals surface area contributed by atoms with Crippen LogP contribution in [-0.4, -0.2) is 54.4 Å². The molecule has 1 saturated heterocycles. The van der Waals surface area contributed by atoms with Gasteiger partial charge in [-0.2, -0.15) is 0 Å². The number of rotatable bonds is 4. The van der Waals surface area contributed by atoms with Crippen LogP contribution in [0.1, 0.15) is 30.9 Å². The first-order valence-corrected chi connectivity index (χ1v) is 8.47. The Morgan fingerprint density at radius 1 is 1.09 bits per heavy atom. The van der Waals surface area contributed by atoms with E-state index in [2.05, 4.69) is 6.07 Å². The number of amides is 2. The van der Waals surface area contributed by atoms with Crippen molar-refractivity contribution < 1.29 is 14.3 Å². The average molecular weight is 316 g/mol. The molecular formula is C18H24N2O3. The molecule has 2 aliphatic heterocycles. The summed E-state index contributed by atoms with van der Waals surface area (Å²) in [5.41, 5.74) is 2.24. The van der Waals surface area contributed by atoms with E-state index < -0.39 is 0 Å². The largest absolute Gasteiger partial charge is 0.493 e. The SMILES string of the molecule is CCCC(=O)N1CCN(C(=O)Cc2ccc3c(c2)CCO3)CC1. The molecule has 2 heterocycles. The van der Waals surface area contributed by atoms with Crippen LogP contribution in [0.2, 0.25) is 0 Å². The summed E-state index contributed by atoms with van der Waals surface area (Å²) in [6.07, 6.45) is 2.83. The van der Waals surface area contributed by atoms with Gasteiger partial charge in [-0.25, -0.2) is 0 Å². The maximum absolute atomic E-state index is 12.5. The zero-order chi connectivity index (χ0) is 16.2. The van der Waals surface area contributed by atoms with Gasteiger partial charge in [0.1, 0.15) is 5.75 Å². The molecule has 0 aliphatic carbocycles. The Kier molecular flexibility index (Phi) is 4.84. The summed E-state index contributed by atoms with van der Waals surface area (Å²) in [6, 6.07) is 6.02. The van der Waals surface area contributed by atoms with Crippen molar-refractivity contribution >= 4 is 11.8 Å². The van der Waals surface area contributed by atoms with E-state index in [4.69, 9.17) is 4.74 Å². The fraction of sp³-hybridized carbons (Fsp3) is 0.556. The van der Waals surface area contributed by atoms with Crippen LogP contribution in [0.25, 0.3) is 0 Å². The second kappa shape index (κ2) is 7.02. The van der Waals surface area contributed by atoms with Gasteiger partial charge in [0.25, 0.3) is 0 Å². The van der Waals surface area contributed by atoms with E-state index in [-0.39, 0.29) is 11.8 Å². The molecule has 0 atom stereocenters. The monoisotopic (exact) mass is 316 g/mol. The molecule has 1 aromatic carbocycles. The standard InChI is InChI=1S/C18H24N2O3/c1-2-3-17(21)19-7-9-20(10-8-19)18(22)13-14-4-5-16-15(12-14)6-11-23-16/h4-5,12H,2-3,6-11,13H2,1H3.